The monoisotopic (exact) mass is 336 g/mol. The van der Waals surface area contributed by atoms with Gasteiger partial charge in [0.2, 0.25) is 0 Å². The van der Waals surface area contributed by atoms with Gasteiger partial charge in [0.1, 0.15) is 0 Å². The molecular weight excluding hydrogens is 334 g/mol. The Bertz CT molecular complexity index is 301. The van der Waals surface area contributed by atoms with Crippen molar-refractivity contribution in [2.45, 2.75) is 6.18 Å². The number of alkyl halides is 3. The summed E-state index contributed by atoms with van der Waals surface area (Å²) in [7, 11) is 0. The minimum absolute atomic E-state index is 0. The fraction of sp³-hybridized carbons (Fsp3) is 0.125. The molecule has 0 radical (unpaired) electrons. The normalized spacial score (nSPS) is 10.0. The van der Waals surface area contributed by atoms with Crippen molar-refractivity contribution in [1.29, 1.82) is 0 Å². The molecule has 0 spiro atoms. The first-order chi connectivity index (χ1) is 5.43. The Hall–Kier alpha value is 0.273. The molecule has 6 heteroatoms. The molecule has 0 amide bonds. The zero-order chi connectivity index (χ0) is 9.35. The summed E-state index contributed by atoms with van der Waals surface area (Å²) in [5, 5.41) is 0.0322. The summed E-state index contributed by atoms with van der Waals surface area (Å²) in [6.07, 6.45) is -4.37. The van der Waals surface area contributed by atoms with E-state index in [9.17, 15) is 13.2 Å². The largest absolute Gasteiger partial charge is 2.00 e. The van der Waals surface area contributed by atoms with Crippen LogP contribution < -0.4 is 17.0 Å². The molecule has 0 nitrogen and oxygen atoms in total. The number of hydrogen-bond donors (Lipinski definition) is 0. The Morgan fingerprint density at radius 3 is 2.07 bits per heavy atom. The van der Waals surface area contributed by atoms with E-state index in [2.05, 4.69) is 6.92 Å². The minimum Gasteiger partial charge on any atom is -1.00 e. The average molecular weight is 339 g/mol. The molecule has 1 rings (SSSR count). The quantitative estimate of drug-likeness (QED) is 0.478. The van der Waals surface area contributed by atoms with Gasteiger partial charge in [0.25, 0.3) is 0 Å². The number of benzene rings is 1. The molecule has 0 fully saturated rings. The first-order valence-corrected chi connectivity index (χ1v) is 3.48. The van der Waals surface area contributed by atoms with Crippen LogP contribution >= 0.6 is 11.6 Å². The van der Waals surface area contributed by atoms with Crippen molar-refractivity contribution in [3.63, 3.8) is 0 Å². The van der Waals surface area contributed by atoms with Crippen molar-refractivity contribution in [2.75, 3.05) is 0 Å². The second-order valence-corrected chi connectivity index (χ2v) is 2.67. The molecule has 0 aliphatic heterocycles. The predicted molar refractivity (Wildman–Crippen MR) is 40.9 cm³/mol. The van der Waals surface area contributed by atoms with E-state index in [-0.39, 0.29) is 47.0 Å². The van der Waals surface area contributed by atoms with Crippen molar-refractivity contribution < 1.29 is 49.6 Å². The van der Waals surface area contributed by atoms with Crippen LogP contribution in [0, 0.1) is 6.92 Å². The molecule has 0 aliphatic rings. The predicted octanol–water partition coefficient (Wildman–Crippen LogP) is 0.542. The molecule has 0 saturated heterocycles. The van der Waals surface area contributed by atoms with E-state index >= 15 is 0 Å². The topological polar surface area (TPSA) is 0 Å². The first-order valence-electron chi connectivity index (χ1n) is 3.10. The molecule has 0 aliphatic carbocycles. The van der Waals surface area contributed by atoms with Gasteiger partial charge in [0.15, 0.2) is 0 Å². The standard InChI is InChI=1S/C8H5ClF3.BrH.Zn/c1-5-6(8(10,11)12)3-2-4-7(5)9;;/h2-4H,1H2;1H;/q-1;;+2/p-1. The van der Waals surface area contributed by atoms with Gasteiger partial charge in [-0.05, 0) is 5.56 Å². The Morgan fingerprint density at radius 1 is 1.21 bits per heavy atom. The van der Waals surface area contributed by atoms with Gasteiger partial charge in [0.05, 0.1) is 0 Å². The number of halogens is 5. The van der Waals surface area contributed by atoms with E-state index in [1.54, 1.807) is 0 Å². The van der Waals surface area contributed by atoms with Crippen molar-refractivity contribution in [3.8, 4) is 0 Å². The van der Waals surface area contributed by atoms with Gasteiger partial charge >= 0.3 is 25.7 Å². The smallest absolute Gasteiger partial charge is 1.00 e. The third-order valence-corrected chi connectivity index (χ3v) is 1.78. The molecule has 14 heavy (non-hydrogen) atoms. The average Bonchev–Trinajstić information content (AvgIpc) is 1.92. The zero-order valence-electron chi connectivity index (χ0n) is 7.04. The zero-order valence-corrected chi connectivity index (χ0v) is 12.3. The minimum atomic E-state index is -4.37. The Balaban J connectivity index is 0. The van der Waals surface area contributed by atoms with Gasteiger partial charge in [-0.15, -0.1) is 12.1 Å². The Labute approximate surface area is 108 Å². The maximum absolute atomic E-state index is 12.1. The van der Waals surface area contributed by atoms with Crippen LogP contribution in [-0.2, 0) is 25.7 Å². The van der Waals surface area contributed by atoms with Crippen LogP contribution in [0.2, 0.25) is 5.02 Å². The van der Waals surface area contributed by atoms with Crippen molar-refractivity contribution in [2.24, 2.45) is 0 Å². The van der Waals surface area contributed by atoms with Crippen LogP contribution in [0.4, 0.5) is 13.2 Å². The molecule has 0 N–H and O–H groups in total. The molecule has 0 heterocycles. The van der Waals surface area contributed by atoms with Crippen molar-refractivity contribution in [3.05, 3.63) is 41.3 Å². The van der Waals surface area contributed by atoms with E-state index in [1.165, 1.54) is 12.1 Å². The molecule has 0 atom stereocenters. The SMILES string of the molecule is [Br-].[CH2-]c1c(Cl)cccc1C(F)(F)F.[Zn+2]. The van der Waals surface area contributed by atoms with E-state index in [1.807, 2.05) is 0 Å². The summed E-state index contributed by atoms with van der Waals surface area (Å²) in [6.45, 7) is 3.23. The van der Waals surface area contributed by atoms with Crippen LogP contribution in [-0.4, -0.2) is 0 Å². The molecule has 0 unspecified atom stereocenters. The third-order valence-electron chi connectivity index (χ3n) is 1.42. The molecule has 74 valence electrons. The summed E-state index contributed by atoms with van der Waals surface area (Å²) in [4.78, 5) is 0. The van der Waals surface area contributed by atoms with Gasteiger partial charge in [-0.2, -0.15) is 37.3 Å². The van der Waals surface area contributed by atoms with Gasteiger partial charge in [0, 0.05) is 0 Å². The second-order valence-electron chi connectivity index (χ2n) is 2.26. The maximum Gasteiger partial charge on any atom is 2.00 e. The fourth-order valence-electron chi connectivity index (χ4n) is 0.824. The molecule has 1 aromatic carbocycles. The van der Waals surface area contributed by atoms with Crippen LogP contribution in [0.3, 0.4) is 0 Å². The van der Waals surface area contributed by atoms with Crippen LogP contribution in [0.5, 0.6) is 0 Å². The first kappa shape index (κ1) is 16.7. The van der Waals surface area contributed by atoms with E-state index in [0.29, 0.717) is 0 Å². The maximum atomic E-state index is 12.1. The number of hydrogen-bond acceptors (Lipinski definition) is 0. The van der Waals surface area contributed by atoms with Crippen LogP contribution in [0.15, 0.2) is 18.2 Å². The molecule has 1 aromatic rings. The Kier molecular flexibility index (Phi) is 7.14. The van der Waals surface area contributed by atoms with E-state index < -0.39 is 11.7 Å². The third kappa shape index (κ3) is 3.80. The molecule has 0 aromatic heterocycles. The molecule has 0 bridgehead atoms. The van der Waals surface area contributed by atoms with E-state index in [4.69, 9.17) is 11.6 Å². The second kappa shape index (κ2) is 5.99. The summed E-state index contributed by atoms with van der Waals surface area (Å²) in [5.74, 6) is 0. The number of rotatable bonds is 0. The fourth-order valence-corrected chi connectivity index (χ4v) is 0.999. The van der Waals surface area contributed by atoms with E-state index in [0.717, 1.165) is 6.07 Å². The summed E-state index contributed by atoms with van der Waals surface area (Å²) in [5.41, 5.74) is -0.957. The Morgan fingerprint density at radius 2 is 1.71 bits per heavy atom. The van der Waals surface area contributed by atoms with Gasteiger partial charge in [-0.25, -0.2) is 0 Å². The summed E-state index contributed by atoms with van der Waals surface area (Å²) < 4.78 is 36.4. The van der Waals surface area contributed by atoms with Gasteiger partial charge < -0.3 is 17.0 Å². The van der Waals surface area contributed by atoms with Crippen molar-refractivity contribution >= 4 is 11.6 Å². The molecule has 0 saturated carbocycles. The van der Waals surface area contributed by atoms with Gasteiger partial charge in [-0.3, -0.25) is 0 Å². The van der Waals surface area contributed by atoms with Crippen molar-refractivity contribution in [1.82, 2.24) is 0 Å². The van der Waals surface area contributed by atoms with Crippen LogP contribution in [0.25, 0.3) is 0 Å². The molecular formula is C8H5BrClF3Zn. The van der Waals surface area contributed by atoms with Crippen LogP contribution in [0.1, 0.15) is 11.1 Å². The summed E-state index contributed by atoms with van der Waals surface area (Å²) in [6, 6.07) is 3.58. The summed E-state index contributed by atoms with van der Waals surface area (Å²) >= 11 is 5.46. The van der Waals surface area contributed by atoms with Gasteiger partial charge in [-0.1, -0.05) is 11.1 Å².